The molecule has 0 unspecified atom stereocenters. The Morgan fingerprint density at radius 2 is 2.06 bits per heavy atom. The first-order valence-electron chi connectivity index (χ1n) is 5.12. The topological polar surface area (TPSA) is 43.6 Å². The molecule has 0 radical (unpaired) electrons. The molecule has 0 amide bonds. The van der Waals surface area contributed by atoms with Gasteiger partial charge in [0.1, 0.15) is 0 Å². The number of aromatic nitrogens is 4. The van der Waals surface area contributed by atoms with E-state index in [9.17, 15) is 0 Å². The first-order chi connectivity index (χ1) is 7.56. The molecule has 0 spiro atoms. The summed E-state index contributed by atoms with van der Waals surface area (Å²) < 4.78 is 2.59. The van der Waals surface area contributed by atoms with Crippen LogP contribution in [0.5, 0.6) is 0 Å². The highest BCUT2D eigenvalue weighted by Crippen LogP contribution is 2.15. The van der Waals surface area contributed by atoms with Gasteiger partial charge in [-0.1, -0.05) is 13.8 Å². The highest BCUT2D eigenvalue weighted by atomic mass is 79.9. The van der Waals surface area contributed by atoms with Crippen molar-refractivity contribution < 1.29 is 0 Å². The largest absolute Gasteiger partial charge is 0.251 e. The molecule has 4 nitrogen and oxygen atoms in total. The molecule has 2 heterocycles. The zero-order valence-electron chi connectivity index (χ0n) is 9.48. The molecule has 2 rings (SSSR count). The summed E-state index contributed by atoms with van der Waals surface area (Å²) in [5.74, 6) is 1.01. The van der Waals surface area contributed by atoms with Crippen LogP contribution in [0.4, 0.5) is 0 Å². The molecule has 0 atom stereocenters. The third-order valence-electron chi connectivity index (χ3n) is 2.21. The van der Waals surface area contributed by atoms with Crippen molar-refractivity contribution in [1.82, 2.24) is 19.7 Å². The van der Waals surface area contributed by atoms with Gasteiger partial charge in [0.25, 0.3) is 5.95 Å². The van der Waals surface area contributed by atoms with E-state index in [1.807, 2.05) is 19.2 Å². The van der Waals surface area contributed by atoms with Crippen LogP contribution in [0.2, 0.25) is 0 Å². The van der Waals surface area contributed by atoms with Gasteiger partial charge in [-0.05, 0) is 34.8 Å². The van der Waals surface area contributed by atoms with Crippen molar-refractivity contribution in [2.24, 2.45) is 0 Å². The molecule has 0 saturated heterocycles. The lowest BCUT2D eigenvalue weighted by Crippen LogP contribution is -2.06. The van der Waals surface area contributed by atoms with E-state index in [2.05, 4.69) is 44.8 Å². The summed E-state index contributed by atoms with van der Waals surface area (Å²) in [4.78, 5) is 8.85. The summed E-state index contributed by atoms with van der Waals surface area (Å²) in [6.45, 7) is 6.20. The van der Waals surface area contributed by atoms with E-state index in [4.69, 9.17) is 0 Å². The van der Waals surface area contributed by atoms with Gasteiger partial charge in [-0.25, -0.2) is 14.6 Å². The van der Waals surface area contributed by atoms with Crippen LogP contribution in [0, 0.1) is 6.92 Å². The lowest BCUT2D eigenvalue weighted by molar-refractivity contribution is 0.750. The molecule has 0 aliphatic rings. The van der Waals surface area contributed by atoms with Gasteiger partial charge in [0.15, 0.2) is 0 Å². The predicted molar refractivity (Wildman–Crippen MR) is 65.7 cm³/mol. The Morgan fingerprint density at radius 1 is 1.31 bits per heavy atom. The minimum atomic E-state index is 0.388. The Bertz CT molecular complexity index is 504. The Labute approximate surface area is 103 Å². The highest BCUT2D eigenvalue weighted by Gasteiger charge is 2.08. The van der Waals surface area contributed by atoms with Crippen molar-refractivity contribution in [2.45, 2.75) is 26.7 Å². The van der Waals surface area contributed by atoms with Gasteiger partial charge in [0.2, 0.25) is 0 Å². The summed E-state index contributed by atoms with van der Waals surface area (Å²) >= 11 is 3.36. The minimum absolute atomic E-state index is 0.388. The summed E-state index contributed by atoms with van der Waals surface area (Å²) in [5, 5.41) is 4.17. The van der Waals surface area contributed by atoms with Gasteiger partial charge in [-0.2, -0.15) is 5.10 Å². The minimum Gasteiger partial charge on any atom is -0.216 e. The fourth-order valence-electron chi connectivity index (χ4n) is 1.39. The number of nitrogens with zero attached hydrogens (tertiary/aromatic N) is 4. The van der Waals surface area contributed by atoms with Gasteiger partial charge in [0, 0.05) is 17.6 Å². The van der Waals surface area contributed by atoms with E-state index in [1.165, 1.54) is 0 Å². The number of aryl methyl sites for hydroxylation is 1. The third-order valence-corrected chi connectivity index (χ3v) is 2.62. The van der Waals surface area contributed by atoms with Crippen molar-refractivity contribution in [1.29, 1.82) is 0 Å². The van der Waals surface area contributed by atoms with Crippen molar-refractivity contribution in [3.8, 4) is 5.95 Å². The van der Waals surface area contributed by atoms with E-state index < -0.39 is 0 Å². The van der Waals surface area contributed by atoms with Crippen LogP contribution in [0.25, 0.3) is 5.95 Å². The SMILES string of the molecule is Cc1cc(C(C)C)nc(-n2cc(Br)cn2)n1. The molecule has 0 aliphatic heterocycles. The first-order valence-corrected chi connectivity index (χ1v) is 5.91. The number of rotatable bonds is 2. The smallest absolute Gasteiger partial charge is 0.216 e. The summed E-state index contributed by atoms with van der Waals surface area (Å²) in [5.41, 5.74) is 1.99. The van der Waals surface area contributed by atoms with Crippen molar-refractivity contribution in [2.75, 3.05) is 0 Å². The van der Waals surface area contributed by atoms with Crippen LogP contribution >= 0.6 is 15.9 Å². The van der Waals surface area contributed by atoms with Crippen LogP contribution < -0.4 is 0 Å². The fraction of sp³-hybridized carbons (Fsp3) is 0.364. The van der Waals surface area contributed by atoms with Crippen LogP contribution in [0.15, 0.2) is 22.9 Å². The van der Waals surface area contributed by atoms with Crippen LogP contribution in [-0.2, 0) is 0 Å². The molecule has 0 fully saturated rings. The Kier molecular flexibility index (Phi) is 3.05. The van der Waals surface area contributed by atoms with Gasteiger partial charge in [0.05, 0.1) is 10.7 Å². The molecule has 2 aromatic heterocycles. The maximum absolute atomic E-state index is 4.49. The number of hydrogen-bond donors (Lipinski definition) is 0. The zero-order chi connectivity index (χ0) is 11.7. The Hall–Kier alpha value is -1.23. The number of hydrogen-bond acceptors (Lipinski definition) is 3. The molecular formula is C11H13BrN4. The molecule has 0 aliphatic carbocycles. The molecule has 5 heteroatoms. The number of halogens is 1. The van der Waals surface area contributed by atoms with E-state index >= 15 is 0 Å². The highest BCUT2D eigenvalue weighted by molar-refractivity contribution is 9.10. The van der Waals surface area contributed by atoms with Gasteiger partial charge in [-0.15, -0.1) is 0 Å². The average Bonchev–Trinajstić information content (AvgIpc) is 2.64. The molecule has 0 saturated carbocycles. The van der Waals surface area contributed by atoms with Crippen LogP contribution in [0.1, 0.15) is 31.2 Å². The van der Waals surface area contributed by atoms with Gasteiger partial charge < -0.3 is 0 Å². The lowest BCUT2D eigenvalue weighted by atomic mass is 10.1. The quantitative estimate of drug-likeness (QED) is 0.850. The monoisotopic (exact) mass is 280 g/mol. The van der Waals surface area contributed by atoms with Gasteiger partial charge >= 0.3 is 0 Å². The maximum atomic E-state index is 4.49. The molecule has 84 valence electrons. The van der Waals surface area contributed by atoms with E-state index in [0.29, 0.717) is 11.9 Å². The van der Waals surface area contributed by atoms with Crippen molar-refractivity contribution in [3.63, 3.8) is 0 Å². The van der Waals surface area contributed by atoms with Crippen LogP contribution in [-0.4, -0.2) is 19.7 Å². The first kappa shape index (κ1) is 11.3. The van der Waals surface area contributed by atoms with E-state index in [0.717, 1.165) is 15.9 Å². The van der Waals surface area contributed by atoms with Crippen molar-refractivity contribution >= 4 is 15.9 Å². The zero-order valence-corrected chi connectivity index (χ0v) is 11.1. The Balaban J connectivity index is 2.49. The maximum Gasteiger partial charge on any atom is 0.251 e. The summed E-state index contributed by atoms with van der Waals surface area (Å²) in [6.07, 6.45) is 3.57. The van der Waals surface area contributed by atoms with Gasteiger partial charge in [-0.3, -0.25) is 0 Å². The lowest BCUT2D eigenvalue weighted by Gasteiger charge is -2.07. The third kappa shape index (κ3) is 2.29. The van der Waals surface area contributed by atoms with E-state index in [1.54, 1.807) is 10.9 Å². The molecular weight excluding hydrogens is 268 g/mol. The van der Waals surface area contributed by atoms with E-state index in [-0.39, 0.29) is 0 Å². The average molecular weight is 281 g/mol. The second kappa shape index (κ2) is 4.33. The summed E-state index contributed by atoms with van der Waals surface area (Å²) in [7, 11) is 0. The van der Waals surface area contributed by atoms with Crippen LogP contribution in [0.3, 0.4) is 0 Å². The standard InChI is InChI=1S/C11H13BrN4/c1-7(2)10-4-8(3)14-11(15-10)16-6-9(12)5-13-16/h4-7H,1-3H3. The van der Waals surface area contributed by atoms with Crippen molar-refractivity contribution in [3.05, 3.63) is 34.3 Å². The second-order valence-electron chi connectivity index (χ2n) is 3.99. The summed E-state index contributed by atoms with van der Waals surface area (Å²) in [6, 6.07) is 2.01. The molecule has 0 N–H and O–H groups in total. The second-order valence-corrected chi connectivity index (χ2v) is 4.91. The molecule has 16 heavy (non-hydrogen) atoms. The normalized spacial score (nSPS) is 11.1. The Morgan fingerprint density at radius 3 is 2.62 bits per heavy atom. The fourth-order valence-corrected chi connectivity index (χ4v) is 1.67. The molecule has 0 bridgehead atoms. The molecule has 0 aromatic carbocycles. The predicted octanol–water partition coefficient (Wildman–Crippen LogP) is 2.86. The molecule has 2 aromatic rings.